The molecule has 0 unspecified atom stereocenters. The molecule has 0 aliphatic heterocycles. The largest absolute Gasteiger partial charge is 0.497 e. The van der Waals surface area contributed by atoms with Crippen molar-refractivity contribution in [2.45, 2.75) is 20.4 Å². The molecule has 1 aromatic heterocycles. The molecule has 0 bridgehead atoms. The van der Waals surface area contributed by atoms with Gasteiger partial charge in [-0.15, -0.1) is 0 Å². The summed E-state index contributed by atoms with van der Waals surface area (Å²) in [5, 5.41) is 14.2. The minimum Gasteiger partial charge on any atom is -0.497 e. The number of aryl methyl sites for hydroxylation is 1. The number of halogens is 1. The normalized spacial score (nSPS) is 10.5. The van der Waals surface area contributed by atoms with Crippen LogP contribution < -0.4 is 4.74 Å². The smallest absolute Gasteiger partial charge is 0.118 e. The Balaban J connectivity index is 1.95. The second-order valence-electron chi connectivity index (χ2n) is 5.86. The number of benzene rings is 2. The first kappa shape index (κ1) is 17.1. The van der Waals surface area contributed by atoms with Crippen LogP contribution in [-0.4, -0.2) is 16.9 Å². The van der Waals surface area contributed by atoms with Gasteiger partial charge in [-0.2, -0.15) is 10.4 Å². The maximum atomic E-state index is 9.03. The van der Waals surface area contributed by atoms with E-state index < -0.39 is 0 Å². The zero-order chi connectivity index (χ0) is 18.0. The molecule has 0 spiro atoms. The van der Waals surface area contributed by atoms with Crippen LogP contribution in [0.15, 0.2) is 42.5 Å². The van der Waals surface area contributed by atoms with Gasteiger partial charge in [-0.05, 0) is 49.2 Å². The fourth-order valence-corrected chi connectivity index (χ4v) is 3.16. The van der Waals surface area contributed by atoms with Crippen molar-refractivity contribution < 1.29 is 4.74 Å². The predicted octanol–water partition coefficient (Wildman–Crippen LogP) is 4.75. The molecule has 1 heterocycles. The summed E-state index contributed by atoms with van der Waals surface area (Å²) in [5.41, 5.74) is 5.66. The number of hydrogen-bond acceptors (Lipinski definition) is 3. The van der Waals surface area contributed by atoms with E-state index in [-0.39, 0.29) is 0 Å². The second-order valence-corrected chi connectivity index (χ2v) is 6.27. The highest BCUT2D eigenvalue weighted by Crippen LogP contribution is 2.30. The molecule has 0 N–H and O–H groups in total. The van der Waals surface area contributed by atoms with Crippen LogP contribution in [0.3, 0.4) is 0 Å². The minimum absolute atomic E-state index is 0.460. The molecule has 0 saturated carbocycles. The van der Waals surface area contributed by atoms with Crippen molar-refractivity contribution in [3.05, 3.63) is 70.0 Å². The van der Waals surface area contributed by atoms with Crippen LogP contribution in [0.2, 0.25) is 5.02 Å². The van der Waals surface area contributed by atoms with Crippen LogP contribution in [-0.2, 0) is 6.54 Å². The highest BCUT2D eigenvalue weighted by atomic mass is 35.5. The van der Waals surface area contributed by atoms with Crippen molar-refractivity contribution in [1.29, 1.82) is 5.26 Å². The molecule has 0 aliphatic carbocycles. The number of ether oxygens (including phenoxy) is 1. The Kier molecular flexibility index (Phi) is 4.78. The van der Waals surface area contributed by atoms with Gasteiger partial charge in [0.05, 0.1) is 29.9 Å². The monoisotopic (exact) mass is 351 g/mol. The lowest BCUT2D eigenvalue weighted by Gasteiger charge is -2.07. The average molecular weight is 352 g/mol. The average Bonchev–Trinajstić information content (AvgIpc) is 2.89. The fourth-order valence-electron chi connectivity index (χ4n) is 2.93. The molecule has 25 heavy (non-hydrogen) atoms. The SMILES string of the molecule is COc1ccc(Cn2nc(C)c(-c3ccc(C#N)c(Cl)c3)c2C)cc1. The Morgan fingerprint density at radius 2 is 1.88 bits per heavy atom. The van der Waals surface area contributed by atoms with E-state index in [1.807, 2.05) is 54.9 Å². The topological polar surface area (TPSA) is 50.8 Å². The third-order valence-electron chi connectivity index (χ3n) is 4.25. The summed E-state index contributed by atoms with van der Waals surface area (Å²) in [7, 11) is 1.66. The highest BCUT2D eigenvalue weighted by Gasteiger charge is 2.15. The van der Waals surface area contributed by atoms with E-state index in [1.54, 1.807) is 13.2 Å². The summed E-state index contributed by atoms with van der Waals surface area (Å²) < 4.78 is 7.18. The Bertz CT molecular complexity index is 952. The molecule has 2 aromatic carbocycles. The van der Waals surface area contributed by atoms with Crippen LogP contribution in [0.4, 0.5) is 0 Å². The van der Waals surface area contributed by atoms with E-state index >= 15 is 0 Å². The van der Waals surface area contributed by atoms with Gasteiger partial charge in [0, 0.05) is 11.3 Å². The van der Waals surface area contributed by atoms with Gasteiger partial charge in [0.25, 0.3) is 0 Å². The molecule has 126 valence electrons. The Labute approximate surface area is 152 Å². The number of hydrogen-bond donors (Lipinski definition) is 0. The number of aromatic nitrogens is 2. The molecule has 0 fully saturated rings. The van der Waals surface area contributed by atoms with Crippen molar-refractivity contribution >= 4 is 11.6 Å². The van der Waals surface area contributed by atoms with Gasteiger partial charge in [0.15, 0.2) is 0 Å². The van der Waals surface area contributed by atoms with Crippen LogP contribution in [0, 0.1) is 25.2 Å². The van der Waals surface area contributed by atoms with E-state index in [9.17, 15) is 0 Å². The van der Waals surface area contributed by atoms with Gasteiger partial charge < -0.3 is 4.74 Å². The van der Waals surface area contributed by atoms with Gasteiger partial charge in [-0.1, -0.05) is 29.8 Å². The van der Waals surface area contributed by atoms with Crippen molar-refractivity contribution in [2.75, 3.05) is 7.11 Å². The molecule has 4 nitrogen and oxygen atoms in total. The van der Waals surface area contributed by atoms with Crippen LogP contribution >= 0.6 is 11.6 Å². The Morgan fingerprint density at radius 3 is 2.48 bits per heavy atom. The number of methoxy groups -OCH3 is 1. The number of nitrogens with zero attached hydrogens (tertiary/aromatic N) is 3. The summed E-state index contributed by atoms with van der Waals surface area (Å²) in [6, 6.07) is 15.5. The van der Waals surface area contributed by atoms with Crippen LogP contribution in [0.1, 0.15) is 22.5 Å². The Morgan fingerprint density at radius 1 is 1.16 bits per heavy atom. The molecular formula is C20H18ClN3O. The molecule has 0 aliphatic rings. The van der Waals surface area contributed by atoms with E-state index in [0.29, 0.717) is 17.1 Å². The van der Waals surface area contributed by atoms with Gasteiger partial charge in [-0.25, -0.2) is 0 Å². The highest BCUT2D eigenvalue weighted by molar-refractivity contribution is 6.32. The van der Waals surface area contributed by atoms with E-state index in [0.717, 1.165) is 33.8 Å². The maximum Gasteiger partial charge on any atom is 0.118 e. The molecule has 0 saturated heterocycles. The maximum absolute atomic E-state index is 9.03. The fraction of sp³-hybridized carbons (Fsp3) is 0.200. The summed E-state index contributed by atoms with van der Waals surface area (Å²) in [6.07, 6.45) is 0. The van der Waals surface area contributed by atoms with E-state index in [2.05, 4.69) is 11.2 Å². The van der Waals surface area contributed by atoms with Crippen LogP contribution in [0.5, 0.6) is 5.75 Å². The van der Waals surface area contributed by atoms with Gasteiger partial charge in [0.2, 0.25) is 0 Å². The Hall–Kier alpha value is -2.77. The first-order valence-electron chi connectivity index (χ1n) is 7.90. The zero-order valence-electron chi connectivity index (χ0n) is 14.4. The molecule has 0 radical (unpaired) electrons. The summed E-state index contributed by atoms with van der Waals surface area (Å²) >= 11 is 6.19. The standard InChI is InChI=1S/C20H18ClN3O/c1-13-20(16-6-7-17(11-22)19(21)10-16)14(2)24(23-13)12-15-4-8-18(25-3)9-5-15/h4-10H,12H2,1-3H3. The summed E-state index contributed by atoms with van der Waals surface area (Å²) in [5.74, 6) is 0.838. The van der Waals surface area contributed by atoms with E-state index in [1.165, 1.54) is 0 Å². The lowest BCUT2D eigenvalue weighted by atomic mass is 10.0. The lowest BCUT2D eigenvalue weighted by Crippen LogP contribution is -2.04. The van der Waals surface area contributed by atoms with Crippen molar-refractivity contribution in [3.63, 3.8) is 0 Å². The van der Waals surface area contributed by atoms with Crippen LogP contribution in [0.25, 0.3) is 11.1 Å². The van der Waals surface area contributed by atoms with Gasteiger partial charge >= 0.3 is 0 Å². The minimum atomic E-state index is 0.460. The molecular weight excluding hydrogens is 334 g/mol. The van der Waals surface area contributed by atoms with E-state index in [4.69, 9.17) is 21.6 Å². The third kappa shape index (κ3) is 3.38. The first-order chi connectivity index (χ1) is 12.0. The first-order valence-corrected chi connectivity index (χ1v) is 8.28. The second kappa shape index (κ2) is 7.00. The molecule has 0 amide bonds. The third-order valence-corrected chi connectivity index (χ3v) is 4.56. The molecule has 3 rings (SSSR count). The summed E-state index contributed by atoms with van der Waals surface area (Å²) in [6.45, 7) is 4.71. The molecule has 0 atom stereocenters. The van der Waals surface area contributed by atoms with Gasteiger partial charge in [0.1, 0.15) is 11.8 Å². The zero-order valence-corrected chi connectivity index (χ0v) is 15.1. The number of nitriles is 1. The van der Waals surface area contributed by atoms with Crippen molar-refractivity contribution in [1.82, 2.24) is 9.78 Å². The predicted molar refractivity (Wildman–Crippen MR) is 99.0 cm³/mol. The quantitative estimate of drug-likeness (QED) is 0.681. The van der Waals surface area contributed by atoms with Crippen molar-refractivity contribution in [2.24, 2.45) is 0 Å². The lowest BCUT2D eigenvalue weighted by molar-refractivity contribution is 0.414. The summed E-state index contributed by atoms with van der Waals surface area (Å²) in [4.78, 5) is 0. The van der Waals surface area contributed by atoms with Crippen molar-refractivity contribution in [3.8, 4) is 22.9 Å². The number of rotatable bonds is 4. The molecule has 3 aromatic rings. The molecule has 5 heteroatoms. The van der Waals surface area contributed by atoms with Gasteiger partial charge in [-0.3, -0.25) is 4.68 Å².